The zero-order chi connectivity index (χ0) is 13.1. The molecular formula is C11H21N3O3. The van der Waals surface area contributed by atoms with E-state index >= 15 is 0 Å². The zero-order valence-corrected chi connectivity index (χ0v) is 10.7. The molecule has 0 atom stereocenters. The molecule has 2 N–H and O–H groups in total. The van der Waals surface area contributed by atoms with Crippen LogP contribution >= 0.6 is 0 Å². The molecule has 1 saturated heterocycles. The first-order chi connectivity index (χ1) is 7.91. The Hall–Kier alpha value is -1.14. The smallest absolute Gasteiger partial charge is 0.249 e. The molecule has 0 aromatic rings. The third-order valence-corrected chi connectivity index (χ3v) is 2.99. The summed E-state index contributed by atoms with van der Waals surface area (Å²) in [4.78, 5) is 27.1. The minimum absolute atomic E-state index is 0.0162. The summed E-state index contributed by atoms with van der Waals surface area (Å²) in [6.45, 7) is 5.34. The largest absolute Gasteiger partial charge is 0.370 e. The van der Waals surface area contributed by atoms with Crippen molar-refractivity contribution in [3.63, 3.8) is 0 Å². The van der Waals surface area contributed by atoms with Crippen LogP contribution in [0.1, 0.15) is 13.8 Å². The number of rotatable bonds is 4. The lowest BCUT2D eigenvalue weighted by molar-refractivity contribution is -0.159. The van der Waals surface area contributed by atoms with E-state index in [9.17, 15) is 9.59 Å². The number of ether oxygens (including phenoxy) is 1. The van der Waals surface area contributed by atoms with Crippen LogP contribution in [0.4, 0.5) is 0 Å². The summed E-state index contributed by atoms with van der Waals surface area (Å²) in [5, 5.41) is 0. The van der Waals surface area contributed by atoms with Crippen LogP contribution in [0.3, 0.4) is 0 Å². The van der Waals surface area contributed by atoms with E-state index in [-0.39, 0.29) is 18.4 Å². The van der Waals surface area contributed by atoms with Gasteiger partial charge in [-0.25, -0.2) is 0 Å². The van der Waals surface area contributed by atoms with E-state index in [0.717, 1.165) is 0 Å². The maximum Gasteiger partial charge on any atom is 0.249 e. The molecule has 1 aliphatic rings. The van der Waals surface area contributed by atoms with E-state index in [2.05, 4.69) is 0 Å². The summed E-state index contributed by atoms with van der Waals surface area (Å²) in [6, 6.07) is 0. The minimum atomic E-state index is -0.795. The number of hydrogen-bond acceptors (Lipinski definition) is 4. The van der Waals surface area contributed by atoms with Crippen LogP contribution in [0, 0.1) is 0 Å². The van der Waals surface area contributed by atoms with E-state index < -0.39 is 5.54 Å². The molecule has 0 bridgehead atoms. The molecule has 98 valence electrons. The van der Waals surface area contributed by atoms with Gasteiger partial charge in [0.1, 0.15) is 12.1 Å². The van der Waals surface area contributed by atoms with Gasteiger partial charge in [0.25, 0.3) is 0 Å². The van der Waals surface area contributed by atoms with E-state index in [1.54, 1.807) is 30.7 Å². The van der Waals surface area contributed by atoms with E-state index in [0.29, 0.717) is 26.2 Å². The Bertz CT molecular complexity index is 304. The lowest BCUT2D eigenvalue weighted by Gasteiger charge is -2.44. The quantitative estimate of drug-likeness (QED) is 0.645. The van der Waals surface area contributed by atoms with Gasteiger partial charge in [0.2, 0.25) is 11.8 Å². The molecule has 0 spiro atoms. The van der Waals surface area contributed by atoms with Gasteiger partial charge in [0.05, 0.1) is 6.61 Å². The molecule has 1 heterocycles. The fraction of sp³-hybridized carbons (Fsp3) is 0.818. The predicted molar refractivity (Wildman–Crippen MR) is 63.3 cm³/mol. The Balaban J connectivity index is 2.64. The van der Waals surface area contributed by atoms with Gasteiger partial charge < -0.3 is 20.3 Å². The van der Waals surface area contributed by atoms with Crippen molar-refractivity contribution in [2.75, 3.05) is 39.9 Å². The molecule has 0 aromatic heterocycles. The number of carbonyl (C=O) groups excluding carboxylic acids is 2. The molecule has 0 aliphatic carbocycles. The van der Waals surface area contributed by atoms with Crippen molar-refractivity contribution in [3.05, 3.63) is 0 Å². The fourth-order valence-electron chi connectivity index (χ4n) is 1.97. The van der Waals surface area contributed by atoms with Crippen molar-refractivity contribution >= 4 is 11.8 Å². The van der Waals surface area contributed by atoms with Gasteiger partial charge in [0.15, 0.2) is 0 Å². The van der Waals surface area contributed by atoms with Gasteiger partial charge in [-0.3, -0.25) is 9.59 Å². The highest BCUT2D eigenvalue weighted by Crippen LogP contribution is 2.21. The van der Waals surface area contributed by atoms with Crippen molar-refractivity contribution in [2.24, 2.45) is 5.73 Å². The lowest BCUT2D eigenvalue weighted by Crippen LogP contribution is -2.64. The van der Waals surface area contributed by atoms with Gasteiger partial charge in [-0.1, -0.05) is 0 Å². The number of carbonyl (C=O) groups is 2. The Morgan fingerprint density at radius 1 is 1.47 bits per heavy atom. The molecule has 0 aromatic carbocycles. The topological polar surface area (TPSA) is 75.9 Å². The Morgan fingerprint density at radius 2 is 2.12 bits per heavy atom. The number of piperazine rings is 1. The summed E-state index contributed by atoms with van der Waals surface area (Å²) in [5.74, 6) is -0.208. The molecule has 0 saturated carbocycles. The highest BCUT2D eigenvalue weighted by Gasteiger charge is 2.42. The maximum absolute atomic E-state index is 12.0. The maximum atomic E-state index is 12.0. The molecule has 1 rings (SSSR count). The van der Waals surface area contributed by atoms with E-state index in [1.807, 2.05) is 0 Å². The fourth-order valence-corrected chi connectivity index (χ4v) is 1.97. The number of nitrogens with zero attached hydrogens (tertiary/aromatic N) is 2. The Labute approximate surface area is 102 Å². The van der Waals surface area contributed by atoms with Crippen molar-refractivity contribution < 1.29 is 14.3 Å². The Morgan fingerprint density at radius 3 is 2.71 bits per heavy atom. The minimum Gasteiger partial charge on any atom is -0.370 e. The highest BCUT2D eigenvalue weighted by atomic mass is 16.5. The molecule has 1 fully saturated rings. The summed E-state index contributed by atoms with van der Waals surface area (Å²) >= 11 is 0. The molecule has 6 heteroatoms. The van der Waals surface area contributed by atoms with Gasteiger partial charge in [-0.2, -0.15) is 0 Å². The van der Waals surface area contributed by atoms with Crippen LogP contribution in [-0.4, -0.2) is 67.0 Å². The van der Waals surface area contributed by atoms with Crippen LogP contribution in [0.25, 0.3) is 0 Å². The molecule has 0 radical (unpaired) electrons. The first kappa shape index (κ1) is 13.9. The molecular weight excluding hydrogens is 222 g/mol. The summed E-state index contributed by atoms with van der Waals surface area (Å²) < 4.78 is 5.11. The second-order valence-electron chi connectivity index (χ2n) is 4.67. The van der Waals surface area contributed by atoms with E-state index in [4.69, 9.17) is 10.5 Å². The molecule has 0 unspecified atom stereocenters. The second kappa shape index (κ2) is 5.46. The SMILES string of the molecule is CN1CCN(C(=O)COCCN)C(C)(C)C1=O. The molecule has 2 amide bonds. The van der Waals surface area contributed by atoms with Crippen LogP contribution in [0.2, 0.25) is 0 Å². The van der Waals surface area contributed by atoms with Crippen molar-refractivity contribution in [3.8, 4) is 0 Å². The van der Waals surface area contributed by atoms with Gasteiger partial charge >= 0.3 is 0 Å². The number of hydrogen-bond donors (Lipinski definition) is 1. The monoisotopic (exact) mass is 243 g/mol. The normalized spacial score (nSPS) is 19.6. The van der Waals surface area contributed by atoms with Crippen molar-refractivity contribution in [1.29, 1.82) is 0 Å². The van der Waals surface area contributed by atoms with Crippen molar-refractivity contribution in [2.45, 2.75) is 19.4 Å². The number of likely N-dealkylation sites (N-methyl/N-ethyl adjacent to an activating group) is 1. The Kier molecular flexibility index (Phi) is 4.47. The molecule has 6 nitrogen and oxygen atoms in total. The zero-order valence-electron chi connectivity index (χ0n) is 10.7. The third-order valence-electron chi connectivity index (χ3n) is 2.99. The number of amides is 2. The summed E-state index contributed by atoms with van der Waals surface area (Å²) in [5.41, 5.74) is 4.48. The second-order valence-corrected chi connectivity index (χ2v) is 4.67. The third kappa shape index (κ3) is 2.95. The highest BCUT2D eigenvalue weighted by molar-refractivity contribution is 5.92. The summed E-state index contributed by atoms with van der Waals surface area (Å²) in [7, 11) is 1.75. The molecule has 1 aliphatic heterocycles. The average Bonchev–Trinajstić information content (AvgIpc) is 2.26. The van der Waals surface area contributed by atoms with Crippen LogP contribution in [-0.2, 0) is 14.3 Å². The van der Waals surface area contributed by atoms with Crippen molar-refractivity contribution in [1.82, 2.24) is 9.80 Å². The first-order valence-corrected chi connectivity index (χ1v) is 5.75. The predicted octanol–water partition coefficient (Wildman–Crippen LogP) is -0.959. The first-order valence-electron chi connectivity index (χ1n) is 5.75. The van der Waals surface area contributed by atoms with Gasteiger partial charge in [-0.15, -0.1) is 0 Å². The van der Waals surface area contributed by atoms with Crippen LogP contribution in [0.15, 0.2) is 0 Å². The average molecular weight is 243 g/mol. The lowest BCUT2D eigenvalue weighted by atomic mass is 9.98. The summed E-state index contributed by atoms with van der Waals surface area (Å²) in [6.07, 6.45) is 0. The van der Waals surface area contributed by atoms with Gasteiger partial charge in [-0.05, 0) is 13.8 Å². The number of nitrogens with two attached hydrogens (primary N) is 1. The van der Waals surface area contributed by atoms with Crippen LogP contribution in [0.5, 0.6) is 0 Å². The molecule has 17 heavy (non-hydrogen) atoms. The van der Waals surface area contributed by atoms with Crippen LogP contribution < -0.4 is 5.73 Å². The van der Waals surface area contributed by atoms with Gasteiger partial charge in [0, 0.05) is 26.7 Å². The van der Waals surface area contributed by atoms with E-state index in [1.165, 1.54) is 0 Å². The standard InChI is InChI=1S/C11H21N3O3/c1-11(2)10(16)13(3)5-6-14(11)9(15)8-17-7-4-12/h4-8,12H2,1-3H3.